The van der Waals surface area contributed by atoms with E-state index in [2.05, 4.69) is 20.5 Å². The van der Waals surface area contributed by atoms with Crippen LogP contribution < -0.4 is 5.43 Å². The Hall–Kier alpha value is -3.15. The van der Waals surface area contributed by atoms with Crippen LogP contribution in [0, 0.1) is 6.92 Å². The van der Waals surface area contributed by atoms with Crippen LogP contribution in [0.4, 0.5) is 5.95 Å². The molecule has 1 heterocycles. The molecule has 6 heteroatoms. The lowest BCUT2D eigenvalue weighted by Gasteiger charge is -1.99. The Morgan fingerprint density at radius 1 is 1.32 bits per heavy atom. The second-order valence-electron chi connectivity index (χ2n) is 4.87. The number of aromatic amines is 1. The average Bonchev–Trinajstić information content (AvgIpc) is 2.89. The van der Waals surface area contributed by atoms with Crippen molar-refractivity contribution in [1.29, 1.82) is 0 Å². The van der Waals surface area contributed by atoms with Gasteiger partial charge in [0.25, 0.3) is 0 Å². The number of carboxylic acids is 1. The SMILES string of the molecule is Cc1ccc2nc(N/N=C\c3ccccc3C(=O)O)[nH]c2c1. The van der Waals surface area contributed by atoms with Crippen molar-refractivity contribution >= 4 is 29.2 Å². The molecule has 22 heavy (non-hydrogen) atoms. The van der Waals surface area contributed by atoms with Crippen molar-refractivity contribution < 1.29 is 9.90 Å². The summed E-state index contributed by atoms with van der Waals surface area (Å²) in [5.74, 6) is -0.481. The molecule has 2 aromatic carbocycles. The number of H-pyrrole nitrogens is 1. The number of benzene rings is 2. The minimum atomic E-state index is -0.985. The molecule has 110 valence electrons. The summed E-state index contributed by atoms with van der Waals surface area (Å²) in [6.07, 6.45) is 1.46. The van der Waals surface area contributed by atoms with Crippen LogP contribution in [0.25, 0.3) is 11.0 Å². The predicted octanol–water partition coefficient (Wildman–Crippen LogP) is 3.02. The number of carboxylic acid groups (broad SMARTS) is 1. The van der Waals surface area contributed by atoms with Crippen LogP contribution in [-0.2, 0) is 0 Å². The fourth-order valence-corrected chi connectivity index (χ4v) is 2.14. The van der Waals surface area contributed by atoms with Crippen molar-refractivity contribution in [2.75, 3.05) is 5.43 Å². The van der Waals surface area contributed by atoms with Gasteiger partial charge in [-0.1, -0.05) is 24.3 Å². The van der Waals surface area contributed by atoms with E-state index >= 15 is 0 Å². The lowest BCUT2D eigenvalue weighted by Crippen LogP contribution is -2.02. The molecule has 1 aromatic heterocycles. The molecule has 0 amide bonds. The average molecular weight is 294 g/mol. The van der Waals surface area contributed by atoms with Crippen LogP contribution >= 0.6 is 0 Å². The van der Waals surface area contributed by atoms with Gasteiger partial charge in [0.1, 0.15) is 0 Å². The summed E-state index contributed by atoms with van der Waals surface area (Å²) in [6, 6.07) is 12.6. The smallest absolute Gasteiger partial charge is 0.336 e. The summed E-state index contributed by atoms with van der Waals surface area (Å²) in [5.41, 5.74) is 6.41. The summed E-state index contributed by atoms with van der Waals surface area (Å²) in [4.78, 5) is 18.6. The highest BCUT2D eigenvalue weighted by atomic mass is 16.4. The van der Waals surface area contributed by atoms with E-state index in [0.29, 0.717) is 11.5 Å². The number of nitrogens with one attached hydrogen (secondary N) is 2. The first-order valence-electron chi connectivity index (χ1n) is 6.71. The van der Waals surface area contributed by atoms with Gasteiger partial charge >= 0.3 is 5.97 Å². The molecule has 0 aliphatic carbocycles. The van der Waals surface area contributed by atoms with Crippen LogP contribution in [0.1, 0.15) is 21.5 Å². The Morgan fingerprint density at radius 3 is 2.95 bits per heavy atom. The molecule has 0 spiro atoms. The number of carbonyl (C=O) groups is 1. The van der Waals surface area contributed by atoms with E-state index in [0.717, 1.165) is 16.6 Å². The normalized spacial score (nSPS) is 11.1. The third-order valence-electron chi connectivity index (χ3n) is 3.20. The highest BCUT2D eigenvalue weighted by Gasteiger charge is 2.06. The van der Waals surface area contributed by atoms with E-state index in [1.165, 1.54) is 12.3 Å². The zero-order valence-corrected chi connectivity index (χ0v) is 11.9. The summed E-state index contributed by atoms with van der Waals surface area (Å²) < 4.78 is 0. The molecule has 0 bridgehead atoms. The van der Waals surface area contributed by atoms with Crippen molar-refractivity contribution in [3.8, 4) is 0 Å². The van der Waals surface area contributed by atoms with Crippen molar-refractivity contribution in [3.63, 3.8) is 0 Å². The molecule has 0 aliphatic heterocycles. The molecule has 0 saturated carbocycles. The van der Waals surface area contributed by atoms with Crippen LogP contribution in [0.15, 0.2) is 47.6 Å². The van der Waals surface area contributed by atoms with Gasteiger partial charge in [0.2, 0.25) is 5.95 Å². The first kappa shape index (κ1) is 13.8. The van der Waals surface area contributed by atoms with E-state index in [-0.39, 0.29) is 5.56 Å². The zero-order valence-electron chi connectivity index (χ0n) is 11.9. The Balaban J connectivity index is 1.80. The highest BCUT2D eigenvalue weighted by molar-refractivity contribution is 5.98. The minimum Gasteiger partial charge on any atom is -0.478 e. The maximum atomic E-state index is 11.1. The number of hydrogen-bond acceptors (Lipinski definition) is 4. The molecule has 0 saturated heterocycles. The van der Waals surface area contributed by atoms with Crippen molar-refractivity contribution in [2.24, 2.45) is 5.10 Å². The topological polar surface area (TPSA) is 90.4 Å². The van der Waals surface area contributed by atoms with Gasteiger partial charge in [0.05, 0.1) is 22.8 Å². The van der Waals surface area contributed by atoms with E-state index < -0.39 is 5.97 Å². The molecule has 0 aliphatic rings. The van der Waals surface area contributed by atoms with E-state index in [9.17, 15) is 4.79 Å². The third-order valence-corrected chi connectivity index (χ3v) is 3.20. The number of rotatable bonds is 4. The molecule has 0 fully saturated rings. The molecule has 6 nitrogen and oxygen atoms in total. The van der Waals surface area contributed by atoms with Crippen LogP contribution in [0.3, 0.4) is 0 Å². The van der Waals surface area contributed by atoms with Crippen molar-refractivity contribution in [2.45, 2.75) is 6.92 Å². The molecule has 3 aromatic rings. The van der Waals surface area contributed by atoms with Gasteiger partial charge < -0.3 is 10.1 Å². The highest BCUT2D eigenvalue weighted by Crippen LogP contribution is 2.15. The zero-order chi connectivity index (χ0) is 15.5. The van der Waals surface area contributed by atoms with E-state index in [1.54, 1.807) is 18.2 Å². The largest absolute Gasteiger partial charge is 0.478 e. The number of aryl methyl sites for hydroxylation is 1. The van der Waals surface area contributed by atoms with Crippen LogP contribution in [-0.4, -0.2) is 27.3 Å². The molecule has 0 unspecified atom stereocenters. The molecule has 3 rings (SSSR count). The monoisotopic (exact) mass is 294 g/mol. The first-order valence-corrected chi connectivity index (χ1v) is 6.71. The van der Waals surface area contributed by atoms with Gasteiger partial charge in [-0.3, -0.25) is 0 Å². The first-order chi connectivity index (χ1) is 10.6. The predicted molar refractivity (Wildman–Crippen MR) is 85.4 cm³/mol. The number of aromatic carboxylic acids is 1. The fraction of sp³-hybridized carbons (Fsp3) is 0.0625. The quantitative estimate of drug-likeness (QED) is 0.509. The number of hydrazone groups is 1. The molecule has 0 atom stereocenters. The number of fused-ring (bicyclic) bond motifs is 1. The van der Waals surface area contributed by atoms with Gasteiger partial charge in [-0.05, 0) is 30.7 Å². The van der Waals surface area contributed by atoms with Gasteiger partial charge in [0.15, 0.2) is 0 Å². The van der Waals surface area contributed by atoms with Crippen LogP contribution in [0.2, 0.25) is 0 Å². The third kappa shape index (κ3) is 2.80. The van der Waals surface area contributed by atoms with Gasteiger partial charge in [0, 0.05) is 5.56 Å². The number of anilines is 1. The Morgan fingerprint density at radius 2 is 2.14 bits per heavy atom. The lowest BCUT2D eigenvalue weighted by molar-refractivity contribution is 0.0697. The molecule has 0 radical (unpaired) electrons. The minimum absolute atomic E-state index is 0.202. The maximum absolute atomic E-state index is 11.1. The number of hydrogen-bond donors (Lipinski definition) is 3. The van der Waals surface area contributed by atoms with Crippen molar-refractivity contribution in [3.05, 3.63) is 59.2 Å². The molecule has 3 N–H and O–H groups in total. The second kappa shape index (κ2) is 5.69. The van der Waals surface area contributed by atoms with Gasteiger partial charge in [-0.25, -0.2) is 15.2 Å². The summed E-state index contributed by atoms with van der Waals surface area (Å²) in [6.45, 7) is 2.01. The number of imidazole rings is 1. The Kier molecular flexibility index (Phi) is 3.57. The van der Waals surface area contributed by atoms with Crippen LogP contribution in [0.5, 0.6) is 0 Å². The Labute approximate surface area is 126 Å². The standard InChI is InChI=1S/C16H14N4O2/c1-10-6-7-13-14(8-10)19-16(18-13)20-17-9-11-4-2-3-5-12(11)15(21)22/h2-9H,1H3,(H,21,22)(H2,18,19,20)/b17-9-. The number of aromatic nitrogens is 2. The molecular weight excluding hydrogens is 280 g/mol. The second-order valence-corrected chi connectivity index (χ2v) is 4.87. The fourth-order valence-electron chi connectivity index (χ4n) is 2.14. The summed E-state index contributed by atoms with van der Waals surface area (Å²) in [7, 11) is 0. The Bertz CT molecular complexity index is 867. The van der Waals surface area contributed by atoms with Crippen molar-refractivity contribution in [1.82, 2.24) is 9.97 Å². The lowest BCUT2D eigenvalue weighted by atomic mass is 10.1. The van der Waals surface area contributed by atoms with Gasteiger partial charge in [-0.15, -0.1) is 0 Å². The maximum Gasteiger partial charge on any atom is 0.336 e. The summed E-state index contributed by atoms with van der Waals surface area (Å²) >= 11 is 0. The van der Waals surface area contributed by atoms with Gasteiger partial charge in [-0.2, -0.15) is 5.10 Å². The molecular formula is C16H14N4O2. The summed E-state index contributed by atoms with van der Waals surface area (Å²) in [5, 5.41) is 13.1. The van der Waals surface area contributed by atoms with E-state index in [4.69, 9.17) is 5.11 Å². The van der Waals surface area contributed by atoms with E-state index in [1.807, 2.05) is 25.1 Å². The number of nitrogens with zero attached hydrogens (tertiary/aromatic N) is 2.